The molecule has 1 aliphatic rings. The topological polar surface area (TPSA) is 63.2 Å². The minimum absolute atomic E-state index is 0.164. The molecule has 0 amide bonds. The van der Waals surface area contributed by atoms with Crippen LogP contribution in [0.2, 0.25) is 10.0 Å². The lowest BCUT2D eigenvalue weighted by atomic mass is 10.1. The number of carbonyl (C=O) groups is 1. The highest BCUT2D eigenvalue weighted by Gasteiger charge is 2.28. The van der Waals surface area contributed by atoms with Gasteiger partial charge in [0, 0.05) is 11.6 Å². The Balaban J connectivity index is 1.56. The molecule has 4 rings (SSSR count). The van der Waals surface area contributed by atoms with Crippen LogP contribution in [0.4, 0.5) is 0 Å². The summed E-state index contributed by atoms with van der Waals surface area (Å²) < 4.78 is 27.9. The van der Waals surface area contributed by atoms with E-state index in [1.807, 2.05) is 6.07 Å². The van der Waals surface area contributed by atoms with Gasteiger partial charge in [-0.3, -0.25) is 4.79 Å². The maximum absolute atomic E-state index is 12.9. The molecule has 0 N–H and O–H groups in total. The Bertz CT molecular complexity index is 1250. The third-order valence-corrected chi connectivity index (χ3v) is 5.79. The predicted octanol–water partition coefficient (Wildman–Crippen LogP) is 6.21. The zero-order chi connectivity index (χ0) is 23.5. The second kappa shape index (κ2) is 9.65. The smallest absolute Gasteiger partial charge is 0.231 e. The van der Waals surface area contributed by atoms with Gasteiger partial charge in [0.25, 0.3) is 0 Å². The molecule has 6 nitrogen and oxygen atoms in total. The minimum Gasteiger partial charge on any atom is -0.493 e. The van der Waals surface area contributed by atoms with Crippen molar-refractivity contribution in [3.8, 4) is 28.7 Å². The van der Waals surface area contributed by atoms with Crippen LogP contribution in [-0.4, -0.2) is 27.1 Å². The summed E-state index contributed by atoms with van der Waals surface area (Å²) >= 11 is 12.0. The second-order valence-electron chi connectivity index (χ2n) is 7.06. The van der Waals surface area contributed by atoms with Gasteiger partial charge in [0.1, 0.15) is 18.1 Å². The molecule has 1 heterocycles. The van der Waals surface area contributed by atoms with Gasteiger partial charge in [-0.25, -0.2) is 0 Å². The number of rotatable bonds is 7. The molecule has 0 saturated carbocycles. The van der Waals surface area contributed by atoms with Crippen molar-refractivity contribution in [2.75, 3.05) is 21.3 Å². The number of hydrogen-bond donors (Lipinski definition) is 0. The van der Waals surface area contributed by atoms with Crippen LogP contribution in [0, 0.1) is 0 Å². The summed E-state index contributed by atoms with van der Waals surface area (Å²) in [6.45, 7) is 0.287. The fourth-order valence-corrected chi connectivity index (χ4v) is 3.75. The van der Waals surface area contributed by atoms with Crippen LogP contribution >= 0.6 is 23.2 Å². The minimum atomic E-state index is -0.238. The van der Waals surface area contributed by atoms with Crippen molar-refractivity contribution in [1.29, 1.82) is 0 Å². The first kappa shape index (κ1) is 22.8. The zero-order valence-electron chi connectivity index (χ0n) is 18.1. The summed E-state index contributed by atoms with van der Waals surface area (Å²) in [4.78, 5) is 12.9. The number of Topliss-reactive ketones (excluding diaryl/α,β-unsaturated/α-hetero) is 1. The lowest BCUT2D eigenvalue weighted by Crippen LogP contribution is -2.00. The number of allylic oxidation sites excluding steroid dienone is 1. The average Bonchev–Trinajstić information content (AvgIpc) is 3.13. The Morgan fingerprint density at radius 2 is 1.67 bits per heavy atom. The molecule has 33 heavy (non-hydrogen) atoms. The van der Waals surface area contributed by atoms with E-state index in [1.54, 1.807) is 48.5 Å². The highest BCUT2D eigenvalue weighted by atomic mass is 35.5. The van der Waals surface area contributed by atoms with Gasteiger partial charge in [0.2, 0.25) is 11.5 Å². The highest BCUT2D eigenvalue weighted by molar-refractivity contribution is 6.42. The molecule has 1 aliphatic heterocycles. The standard InChI is InChI=1S/C25H20Cl2O6/c1-29-20-9-5-15(24(30-2)25(20)31-3)11-22-23(28)17-7-6-16(12-21(17)33-22)32-13-14-4-8-18(26)19(27)10-14/h4-12H,13H2,1-3H3. The van der Waals surface area contributed by atoms with E-state index in [-0.39, 0.29) is 18.1 Å². The summed E-state index contributed by atoms with van der Waals surface area (Å²) in [6, 6.07) is 13.9. The van der Waals surface area contributed by atoms with E-state index in [4.69, 9.17) is 46.9 Å². The van der Waals surface area contributed by atoms with E-state index < -0.39 is 0 Å². The third kappa shape index (κ3) is 4.58. The van der Waals surface area contributed by atoms with Crippen molar-refractivity contribution in [3.63, 3.8) is 0 Å². The normalized spacial score (nSPS) is 13.5. The summed E-state index contributed by atoms with van der Waals surface area (Å²) in [5, 5.41) is 0.941. The Hall–Kier alpha value is -3.35. The van der Waals surface area contributed by atoms with Crippen molar-refractivity contribution in [3.05, 3.63) is 81.0 Å². The summed E-state index contributed by atoms with van der Waals surface area (Å²) in [5.41, 5.74) is 1.92. The van der Waals surface area contributed by atoms with Gasteiger partial charge in [-0.15, -0.1) is 0 Å². The molecule has 0 fully saturated rings. The zero-order valence-corrected chi connectivity index (χ0v) is 19.6. The van der Waals surface area contributed by atoms with Crippen LogP contribution in [0.3, 0.4) is 0 Å². The molecule has 0 radical (unpaired) electrons. The Morgan fingerprint density at radius 3 is 2.36 bits per heavy atom. The average molecular weight is 487 g/mol. The fourth-order valence-electron chi connectivity index (χ4n) is 3.43. The van der Waals surface area contributed by atoms with Gasteiger partial charge in [-0.1, -0.05) is 29.3 Å². The van der Waals surface area contributed by atoms with Gasteiger partial charge >= 0.3 is 0 Å². The SMILES string of the molecule is COc1ccc(C=C2Oc3cc(OCc4ccc(Cl)c(Cl)c4)ccc3C2=O)c(OC)c1OC. The Morgan fingerprint density at radius 1 is 0.879 bits per heavy atom. The first-order valence-corrected chi connectivity index (χ1v) is 10.6. The summed E-state index contributed by atoms with van der Waals surface area (Å²) in [6.07, 6.45) is 1.61. The van der Waals surface area contributed by atoms with Crippen LogP contribution in [0.15, 0.2) is 54.3 Å². The van der Waals surface area contributed by atoms with E-state index >= 15 is 0 Å². The highest BCUT2D eigenvalue weighted by Crippen LogP contribution is 2.42. The van der Waals surface area contributed by atoms with Crippen LogP contribution in [-0.2, 0) is 6.61 Å². The predicted molar refractivity (Wildman–Crippen MR) is 126 cm³/mol. The van der Waals surface area contributed by atoms with Gasteiger partial charge in [-0.05, 0) is 48.0 Å². The Labute approximate surface area is 201 Å². The maximum atomic E-state index is 12.9. The molecule has 8 heteroatoms. The van der Waals surface area contributed by atoms with E-state index in [0.29, 0.717) is 49.9 Å². The van der Waals surface area contributed by atoms with Crippen LogP contribution < -0.4 is 23.7 Å². The first-order valence-electron chi connectivity index (χ1n) is 9.89. The number of ether oxygens (including phenoxy) is 5. The monoisotopic (exact) mass is 486 g/mol. The molecule has 0 atom stereocenters. The van der Waals surface area contributed by atoms with E-state index in [2.05, 4.69) is 0 Å². The Kier molecular flexibility index (Phi) is 6.67. The lowest BCUT2D eigenvalue weighted by Gasteiger charge is -2.14. The number of benzene rings is 3. The van der Waals surface area contributed by atoms with Gasteiger partial charge in [0.15, 0.2) is 17.3 Å². The van der Waals surface area contributed by atoms with Crippen molar-refractivity contribution >= 4 is 35.1 Å². The largest absolute Gasteiger partial charge is 0.493 e. The molecule has 0 bridgehead atoms. The number of fused-ring (bicyclic) bond motifs is 1. The quantitative estimate of drug-likeness (QED) is 0.369. The molecule has 0 aliphatic carbocycles. The molecule has 0 aromatic heterocycles. The molecule has 3 aromatic carbocycles. The van der Waals surface area contributed by atoms with E-state index in [0.717, 1.165) is 5.56 Å². The summed E-state index contributed by atoms with van der Waals surface area (Å²) in [5.74, 6) is 2.27. The van der Waals surface area contributed by atoms with Gasteiger partial charge < -0.3 is 23.7 Å². The fraction of sp³-hybridized carbons (Fsp3) is 0.160. The van der Waals surface area contributed by atoms with Crippen LogP contribution in [0.1, 0.15) is 21.5 Å². The van der Waals surface area contributed by atoms with E-state index in [1.165, 1.54) is 21.3 Å². The van der Waals surface area contributed by atoms with Crippen molar-refractivity contribution in [1.82, 2.24) is 0 Å². The number of methoxy groups -OCH3 is 3. The molecular formula is C25H20Cl2O6. The van der Waals surface area contributed by atoms with Crippen molar-refractivity contribution in [2.24, 2.45) is 0 Å². The number of hydrogen-bond acceptors (Lipinski definition) is 6. The summed E-state index contributed by atoms with van der Waals surface area (Å²) in [7, 11) is 4.57. The molecule has 0 unspecified atom stereocenters. The number of ketones is 1. The molecule has 170 valence electrons. The molecule has 0 spiro atoms. The first-order chi connectivity index (χ1) is 15.9. The van der Waals surface area contributed by atoms with Crippen molar-refractivity contribution in [2.45, 2.75) is 6.61 Å². The van der Waals surface area contributed by atoms with E-state index in [9.17, 15) is 4.79 Å². The third-order valence-electron chi connectivity index (χ3n) is 5.05. The van der Waals surface area contributed by atoms with Crippen molar-refractivity contribution < 1.29 is 28.5 Å². The maximum Gasteiger partial charge on any atom is 0.231 e. The number of carbonyl (C=O) groups excluding carboxylic acids is 1. The van der Waals surface area contributed by atoms with Gasteiger partial charge in [0.05, 0.1) is 36.9 Å². The van der Waals surface area contributed by atoms with Crippen LogP contribution in [0.25, 0.3) is 6.08 Å². The number of halogens is 2. The van der Waals surface area contributed by atoms with Gasteiger partial charge in [-0.2, -0.15) is 0 Å². The van der Waals surface area contributed by atoms with Crippen LogP contribution in [0.5, 0.6) is 28.7 Å². The molecule has 3 aromatic rings. The molecular weight excluding hydrogens is 467 g/mol. The second-order valence-corrected chi connectivity index (χ2v) is 7.87. The molecule has 0 saturated heterocycles. The lowest BCUT2D eigenvalue weighted by molar-refractivity contribution is 0.101.